The number of amides is 1. The number of nitrogens with zero attached hydrogens (tertiary/aromatic N) is 2. The molecule has 0 aromatic carbocycles. The molecule has 1 unspecified atom stereocenters. The number of carboxylic acids is 1. The Bertz CT molecular complexity index is 372. The molecule has 0 radical (unpaired) electrons. The van der Waals surface area contributed by atoms with Gasteiger partial charge in [-0.3, -0.25) is 9.48 Å². The molecule has 1 aromatic rings. The molecule has 0 aliphatic rings. The minimum absolute atomic E-state index is 0.239. The number of nitrogens with one attached hydrogen (secondary N) is 1. The number of carbonyl (C=O) groups is 2. The number of carboxylic acid groups (broad SMARTS) is 1. The molecular formula is C9H13N3O3. The predicted octanol–water partition coefficient (Wildman–Crippen LogP) is -0.448. The third-order valence-corrected chi connectivity index (χ3v) is 1.87. The van der Waals surface area contributed by atoms with Crippen molar-refractivity contribution in [3.8, 4) is 0 Å². The van der Waals surface area contributed by atoms with Crippen molar-refractivity contribution in [3.05, 3.63) is 18.0 Å². The summed E-state index contributed by atoms with van der Waals surface area (Å²) in [5.74, 6) is -1.40. The van der Waals surface area contributed by atoms with Gasteiger partial charge in [-0.25, -0.2) is 4.79 Å². The van der Waals surface area contributed by atoms with Gasteiger partial charge in [-0.2, -0.15) is 5.10 Å². The van der Waals surface area contributed by atoms with E-state index in [9.17, 15) is 9.59 Å². The molecule has 0 spiro atoms. The number of aromatic nitrogens is 2. The highest BCUT2D eigenvalue weighted by Gasteiger charge is 2.19. The molecule has 1 aromatic heterocycles. The Hall–Kier alpha value is -1.85. The molecule has 1 atom stereocenters. The summed E-state index contributed by atoms with van der Waals surface area (Å²) >= 11 is 0. The van der Waals surface area contributed by atoms with E-state index in [1.165, 1.54) is 6.92 Å². The van der Waals surface area contributed by atoms with Crippen LogP contribution < -0.4 is 5.32 Å². The van der Waals surface area contributed by atoms with Gasteiger partial charge in [-0.1, -0.05) is 0 Å². The lowest BCUT2D eigenvalue weighted by Crippen LogP contribution is -2.41. The summed E-state index contributed by atoms with van der Waals surface area (Å²) < 4.78 is 1.59. The first-order valence-corrected chi connectivity index (χ1v) is 4.46. The molecule has 2 N–H and O–H groups in total. The second kappa shape index (κ2) is 4.59. The van der Waals surface area contributed by atoms with Crippen molar-refractivity contribution in [3.63, 3.8) is 0 Å². The van der Waals surface area contributed by atoms with Gasteiger partial charge in [-0.05, 0) is 5.56 Å². The number of aryl methyl sites for hydroxylation is 1. The van der Waals surface area contributed by atoms with E-state index in [0.29, 0.717) is 0 Å². The Kier molecular flexibility index (Phi) is 3.43. The van der Waals surface area contributed by atoms with Gasteiger partial charge >= 0.3 is 5.97 Å². The molecule has 1 rings (SSSR count). The Morgan fingerprint density at radius 1 is 1.67 bits per heavy atom. The Labute approximate surface area is 86.9 Å². The highest BCUT2D eigenvalue weighted by Crippen LogP contribution is 2.02. The van der Waals surface area contributed by atoms with Crippen LogP contribution in [-0.2, 0) is 23.1 Å². The summed E-state index contributed by atoms with van der Waals surface area (Å²) in [7, 11) is 1.75. The number of rotatable bonds is 4. The molecular weight excluding hydrogens is 198 g/mol. The van der Waals surface area contributed by atoms with E-state index in [4.69, 9.17) is 5.11 Å². The largest absolute Gasteiger partial charge is 0.480 e. The van der Waals surface area contributed by atoms with Crippen LogP contribution in [0.3, 0.4) is 0 Å². The lowest BCUT2D eigenvalue weighted by Gasteiger charge is -2.11. The van der Waals surface area contributed by atoms with Gasteiger partial charge < -0.3 is 10.4 Å². The summed E-state index contributed by atoms with van der Waals surface area (Å²) in [5, 5.41) is 15.1. The van der Waals surface area contributed by atoms with E-state index < -0.39 is 12.0 Å². The average molecular weight is 211 g/mol. The van der Waals surface area contributed by atoms with Crippen LogP contribution in [0, 0.1) is 0 Å². The zero-order chi connectivity index (χ0) is 11.4. The van der Waals surface area contributed by atoms with E-state index in [0.717, 1.165) is 5.56 Å². The zero-order valence-corrected chi connectivity index (χ0v) is 8.60. The van der Waals surface area contributed by atoms with Crippen LogP contribution in [0.15, 0.2) is 12.4 Å². The normalized spacial score (nSPS) is 12.1. The Balaban J connectivity index is 2.66. The molecule has 0 fully saturated rings. The molecule has 6 nitrogen and oxygen atoms in total. The maximum absolute atomic E-state index is 10.8. The Morgan fingerprint density at radius 3 is 2.73 bits per heavy atom. The second-order valence-electron chi connectivity index (χ2n) is 3.32. The lowest BCUT2D eigenvalue weighted by molar-refractivity contribution is -0.141. The minimum atomic E-state index is -1.05. The van der Waals surface area contributed by atoms with Gasteiger partial charge in [0, 0.05) is 26.6 Å². The highest BCUT2D eigenvalue weighted by molar-refractivity contribution is 5.82. The molecule has 0 aliphatic heterocycles. The van der Waals surface area contributed by atoms with Gasteiger partial charge in [0.1, 0.15) is 6.04 Å². The van der Waals surface area contributed by atoms with Crippen molar-refractivity contribution in [2.24, 2.45) is 7.05 Å². The third kappa shape index (κ3) is 3.41. The summed E-state index contributed by atoms with van der Waals surface area (Å²) in [4.78, 5) is 21.6. The number of carbonyl (C=O) groups excluding carboxylic acids is 1. The standard InChI is InChI=1S/C9H13N3O3/c1-6(13)11-8(9(14)15)3-7-4-10-12(2)5-7/h4-5,8H,3H2,1-2H3,(H,11,13)(H,14,15). The summed E-state index contributed by atoms with van der Waals surface area (Å²) in [5.41, 5.74) is 0.777. The van der Waals surface area contributed by atoms with Crippen molar-refractivity contribution >= 4 is 11.9 Å². The molecule has 1 amide bonds. The average Bonchev–Trinajstić information content (AvgIpc) is 2.49. The minimum Gasteiger partial charge on any atom is -0.480 e. The maximum atomic E-state index is 10.8. The van der Waals surface area contributed by atoms with Crippen LogP contribution >= 0.6 is 0 Å². The van der Waals surface area contributed by atoms with Crippen LogP contribution in [0.1, 0.15) is 12.5 Å². The maximum Gasteiger partial charge on any atom is 0.326 e. The monoisotopic (exact) mass is 211 g/mol. The Morgan fingerprint density at radius 2 is 2.33 bits per heavy atom. The summed E-state index contributed by atoms with van der Waals surface area (Å²) in [6.07, 6.45) is 3.54. The molecule has 0 bridgehead atoms. The molecule has 15 heavy (non-hydrogen) atoms. The van der Waals surface area contributed by atoms with Crippen LogP contribution in [0.5, 0.6) is 0 Å². The van der Waals surface area contributed by atoms with Gasteiger partial charge in [0.2, 0.25) is 5.91 Å². The van der Waals surface area contributed by atoms with Crippen molar-refractivity contribution in [2.45, 2.75) is 19.4 Å². The smallest absolute Gasteiger partial charge is 0.326 e. The topological polar surface area (TPSA) is 84.2 Å². The molecule has 82 valence electrons. The van der Waals surface area contributed by atoms with Crippen molar-refractivity contribution in [2.75, 3.05) is 0 Å². The van der Waals surface area contributed by atoms with Crippen molar-refractivity contribution < 1.29 is 14.7 Å². The van der Waals surface area contributed by atoms with Gasteiger partial charge in [0.15, 0.2) is 0 Å². The highest BCUT2D eigenvalue weighted by atomic mass is 16.4. The summed E-state index contributed by atoms with van der Waals surface area (Å²) in [6, 6.07) is -0.897. The number of hydrogen-bond donors (Lipinski definition) is 2. The first-order chi connectivity index (χ1) is 6.99. The van der Waals surface area contributed by atoms with Crippen molar-refractivity contribution in [1.29, 1.82) is 0 Å². The van der Waals surface area contributed by atoms with Crippen LogP contribution in [0.4, 0.5) is 0 Å². The fourth-order valence-electron chi connectivity index (χ4n) is 1.26. The zero-order valence-electron chi connectivity index (χ0n) is 8.60. The molecule has 1 heterocycles. The third-order valence-electron chi connectivity index (χ3n) is 1.87. The van der Waals surface area contributed by atoms with Crippen molar-refractivity contribution in [1.82, 2.24) is 15.1 Å². The van der Waals surface area contributed by atoms with Crippen LogP contribution in [0.25, 0.3) is 0 Å². The van der Waals surface area contributed by atoms with Crippen LogP contribution in [0.2, 0.25) is 0 Å². The number of aliphatic carboxylic acids is 1. The molecule has 0 saturated carbocycles. The first kappa shape index (κ1) is 11.2. The SMILES string of the molecule is CC(=O)NC(Cc1cnn(C)c1)C(=O)O. The van der Waals surface area contributed by atoms with Gasteiger partial charge in [-0.15, -0.1) is 0 Å². The molecule has 0 aliphatic carbocycles. The van der Waals surface area contributed by atoms with E-state index >= 15 is 0 Å². The van der Waals surface area contributed by atoms with Crippen LogP contribution in [-0.4, -0.2) is 32.8 Å². The quantitative estimate of drug-likeness (QED) is 0.706. The molecule has 0 saturated heterocycles. The fraction of sp³-hybridized carbons (Fsp3) is 0.444. The van der Waals surface area contributed by atoms with E-state index in [2.05, 4.69) is 10.4 Å². The number of hydrogen-bond acceptors (Lipinski definition) is 3. The molecule has 6 heteroatoms. The second-order valence-corrected chi connectivity index (χ2v) is 3.32. The van der Waals surface area contributed by atoms with E-state index in [1.54, 1.807) is 24.1 Å². The van der Waals surface area contributed by atoms with Gasteiger partial charge in [0.25, 0.3) is 0 Å². The van der Waals surface area contributed by atoms with E-state index in [-0.39, 0.29) is 12.3 Å². The predicted molar refractivity (Wildman–Crippen MR) is 52.2 cm³/mol. The fourth-order valence-corrected chi connectivity index (χ4v) is 1.26. The lowest BCUT2D eigenvalue weighted by atomic mass is 10.1. The summed E-state index contributed by atoms with van der Waals surface area (Å²) in [6.45, 7) is 1.29. The van der Waals surface area contributed by atoms with Gasteiger partial charge in [0.05, 0.1) is 6.20 Å². The van der Waals surface area contributed by atoms with E-state index in [1.807, 2.05) is 0 Å². The first-order valence-electron chi connectivity index (χ1n) is 4.46.